The van der Waals surface area contributed by atoms with Crippen molar-refractivity contribution in [3.05, 3.63) is 64.7 Å². The predicted molar refractivity (Wildman–Crippen MR) is 149 cm³/mol. The summed E-state index contributed by atoms with van der Waals surface area (Å²) in [5, 5.41) is 3.12. The van der Waals surface area contributed by atoms with E-state index in [0.29, 0.717) is 18.7 Å². The molecule has 0 radical (unpaired) electrons. The molecule has 3 rings (SSSR count). The molecule has 1 atom stereocenters. The maximum absolute atomic E-state index is 13.5. The van der Waals surface area contributed by atoms with E-state index in [2.05, 4.69) is 5.32 Å². The number of hydrogen-bond donors (Lipinski definition) is 1. The maximum Gasteiger partial charge on any atom is 0.242 e. The van der Waals surface area contributed by atoms with E-state index < -0.39 is 16.1 Å². The van der Waals surface area contributed by atoms with Gasteiger partial charge in [-0.25, -0.2) is 8.42 Å². The molecule has 2 aromatic rings. The molecular formula is C29H41N3O4S. The molecular weight excluding hydrogens is 486 g/mol. The Bertz CT molecular complexity index is 1210. The fraction of sp³-hybridized carbons (Fsp3) is 0.517. The molecule has 0 unspecified atom stereocenters. The van der Waals surface area contributed by atoms with Crippen molar-refractivity contribution in [2.24, 2.45) is 0 Å². The van der Waals surface area contributed by atoms with Crippen molar-refractivity contribution in [3.8, 4) is 0 Å². The Hall–Kier alpha value is -2.87. The molecule has 1 aliphatic carbocycles. The highest BCUT2D eigenvalue weighted by Crippen LogP contribution is 2.23. The van der Waals surface area contributed by atoms with E-state index in [1.807, 2.05) is 57.2 Å². The standard InChI is InChI=1S/C29H41N3O4S/c1-21-16-17-27(19-23(21)3)32(37(5,35)36)18-10-15-28(33)31(20-25-12-7-6-11-22(25)2)24(4)29(34)30-26-13-8-9-14-26/h6-7,11-12,16-17,19,24,26H,8-10,13-15,18,20H2,1-5H3,(H,30,34)/t24-/m1/s1. The number of aryl methyl sites for hydroxylation is 3. The number of anilines is 1. The largest absolute Gasteiger partial charge is 0.352 e. The summed E-state index contributed by atoms with van der Waals surface area (Å²) in [7, 11) is -3.52. The lowest BCUT2D eigenvalue weighted by Gasteiger charge is -2.30. The van der Waals surface area contributed by atoms with E-state index in [0.717, 1.165) is 47.9 Å². The van der Waals surface area contributed by atoms with E-state index in [9.17, 15) is 18.0 Å². The Balaban J connectivity index is 1.73. The molecule has 202 valence electrons. The lowest BCUT2D eigenvalue weighted by atomic mass is 10.1. The molecule has 1 saturated carbocycles. The second kappa shape index (κ2) is 12.6. The van der Waals surface area contributed by atoms with Gasteiger partial charge in [0.15, 0.2) is 0 Å². The quantitative estimate of drug-likeness (QED) is 0.461. The number of sulfonamides is 1. The van der Waals surface area contributed by atoms with Crippen molar-refractivity contribution in [3.63, 3.8) is 0 Å². The van der Waals surface area contributed by atoms with Gasteiger partial charge in [-0.15, -0.1) is 0 Å². The molecule has 1 N–H and O–H groups in total. The van der Waals surface area contributed by atoms with Crippen LogP contribution in [0.5, 0.6) is 0 Å². The number of amides is 2. The predicted octanol–water partition coefficient (Wildman–Crippen LogP) is 4.63. The third-order valence-electron chi connectivity index (χ3n) is 7.40. The van der Waals surface area contributed by atoms with Crippen LogP contribution in [0, 0.1) is 20.8 Å². The maximum atomic E-state index is 13.5. The van der Waals surface area contributed by atoms with Crippen LogP contribution in [0.4, 0.5) is 5.69 Å². The van der Waals surface area contributed by atoms with Gasteiger partial charge < -0.3 is 10.2 Å². The highest BCUT2D eigenvalue weighted by Gasteiger charge is 2.29. The highest BCUT2D eigenvalue weighted by atomic mass is 32.2. The first kappa shape index (κ1) is 28.7. The van der Waals surface area contributed by atoms with Crippen molar-refractivity contribution in [2.45, 2.75) is 84.8 Å². The average molecular weight is 528 g/mol. The molecule has 0 spiro atoms. The van der Waals surface area contributed by atoms with Crippen molar-refractivity contribution in [1.29, 1.82) is 0 Å². The molecule has 0 aromatic heterocycles. The monoisotopic (exact) mass is 527 g/mol. The summed E-state index contributed by atoms with van der Waals surface area (Å²) in [6, 6.07) is 13.0. The van der Waals surface area contributed by atoms with Crippen LogP contribution in [0.25, 0.3) is 0 Å². The molecule has 0 aliphatic heterocycles. The molecule has 2 amide bonds. The fourth-order valence-corrected chi connectivity index (χ4v) is 5.79. The molecule has 0 bridgehead atoms. The molecule has 37 heavy (non-hydrogen) atoms. The topological polar surface area (TPSA) is 86.8 Å². The molecule has 7 nitrogen and oxygen atoms in total. The van der Waals surface area contributed by atoms with Crippen LogP contribution in [0.15, 0.2) is 42.5 Å². The van der Waals surface area contributed by atoms with Crippen molar-refractivity contribution in [1.82, 2.24) is 10.2 Å². The Kier molecular flexibility index (Phi) is 9.76. The summed E-state index contributed by atoms with van der Waals surface area (Å²) in [5.41, 5.74) is 4.74. The number of benzene rings is 2. The molecule has 1 fully saturated rings. The third-order valence-corrected chi connectivity index (χ3v) is 8.60. The van der Waals surface area contributed by atoms with Gasteiger partial charge in [0, 0.05) is 25.6 Å². The van der Waals surface area contributed by atoms with Gasteiger partial charge in [0.2, 0.25) is 21.8 Å². The summed E-state index contributed by atoms with van der Waals surface area (Å²) in [6.07, 6.45) is 5.85. The van der Waals surface area contributed by atoms with E-state index in [-0.39, 0.29) is 30.8 Å². The van der Waals surface area contributed by atoms with Crippen LogP contribution in [0.1, 0.15) is 67.7 Å². The van der Waals surface area contributed by atoms with E-state index in [1.54, 1.807) is 17.9 Å². The van der Waals surface area contributed by atoms with Gasteiger partial charge in [-0.2, -0.15) is 0 Å². The summed E-state index contributed by atoms with van der Waals surface area (Å²) in [6.45, 7) is 8.22. The number of carbonyl (C=O) groups excluding carboxylic acids is 2. The van der Waals surface area contributed by atoms with Gasteiger partial charge in [-0.05, 0) is 81.3 Å². The molecule has 0 heterocycles. The van der Waals surface area contributed by atoms with Crippen LogP contribution in [-0.2, 0) is 26.2 Å². The van der Waals surface area contributed by atoms with Gasteiger partial charge in [0.1, 0.15) is 6.04 Å². The first-order valence-electron chi connectivity index (χ1n) is 13.2. The van der Waals surface area contributed by atoms with E-state index in [4.69, 9.17) is 0 Å². The zero-order valence-electron chi connectivity index (χ0n) is 22.8. The summed E-state index contributed by atoms with van der Waals surface area (Å²) < 4.78 is 26.5. The van der Waals surface area contributed by atoms with Gasteiger partial charge >= 0.3 is 0 Å². The third kappa shape index (κ3) is 7.81. The van der Waals surface area contributed by atoms with Crippen LogP contribution in [-0.4, -0.2) is 50.0 Å². The van der Waals surface area contributed by atoms with Crippen molar-refractivity contribution >= 4 is 27.5 Å². The minimum Gasteiger partial charge on any atom is -0.352 e. The number of nitrogens with zero attached hydrogens (tertiary/aromatic N) is 2. The molecule has 0 saturated heterocycles. The second-order valence-corrected chi connectivity index (χ2v) is 12.2. The van der Waals surface area contributed by atoms with Gasteiger partial charge in [-0.3, -0.25) is 13.9 Å². The van der Waals surface area contributed by atoms with Crippen LogP contribution >= 0.6 is 0 Å². The van der Waals surface area contributed by atoms with Crippen LogP contribution < -0.4 is 9.62 Å². The van der Waals surface area contributed by atoms with Gasteiger partial charge in [-0.1, -0.05) is 43.2 Å². The molecule has 8 heteroatoms. The molecule has 1 aliphatic rings. The Morgan fingerprint density at radius 2 is 1.68 bits per heavy atom. The average Bonchev–Trinajstić information content (AvgIpc) is 3.35. The van der Waals surface area contributed by atoms with Crippen molar-refractivity contribution in [2.75, 3.05) is 17.1 Å². The zero-order chi connectivity index (χ0) is 27.2. The zero-order valence-corrected chi connectivity index (χ0v) is 23.6. The first-order chi connectivity index (χ1) is 17.5. The molecule has 2 aromatic carbocycles. The fourth-order valence-electron chi connectivity index (χ4n) is 4.83. The minimum absolute atomic E-state index is 0.137. The number of hydrogen-bond acceptors (Lipinski definition) is 4. The number of nitrogens with one attached hydrogen (secondary N) is 1. The first-order valence-corrected chi connectivity index (χ1v) is 15.0. The SMILES string of the molecule is Cc1ccc(N(CCCC(=O)N(Cc2ccccc2C)[C@H](C)C(=O)NC2CCCC2)S(C)(=O)=O)cc1C. The number of carbonyl (C=O) groups is 2. The lowest BCUT2D eigenvalue weighted by molar-refractivity contribution is -0.141. The minimum atomic E-state index is -3.52. The second-order valence-electron chi connectivity index (χ2n) is 10.3. The Morgan fingerprint density at radius 3 is 2.30 bits per heavy atom. The summed E-state index contributed by atoms with van der Waals surface area (Å²) >= 11 is 0. The smallest absolute Gasteiger partial charge is 0.242 e. The van der Waals surface area contributed by atoms with Gasteiger partial charge in [0.25, 0.3) is 0 Å². The number of rotatable bonds is 11. The van der Waals surface area contributed by atoms with E-state index in [1.165, 1.54) is 10.6 Å². The summed E-state index contributed by atoms with van der Waals surface area (Å²) in [4.78, 5) is 28.2. The van der Waals surface area contributed by atoms with E-state index >= 15 is 0 Å². The normalized spacial score (nSPS) is 14.8. The summed E-state index contributed by atoms with van der Waals surface area (Å²) in [5.74, 6) is -0.299. The van der Waals surface area contributed by atoms with Crippen molar-refractivity contribution < 1.29 is 18.0 Å². The van der Waals surface area contributed by atoms with Gasteiger partial charge in [0.05, 0.1) is 11.9 Å². The Morgan fingerprint density at radius 1 is 1.00 bits per heavy atom. The van der Waals surface area contributed by atoms with Crippen LogP contribution in [0.2, 0.25) is 0 Å². The highest BCUT2D eigenvalue weighted by molar-refractivity contribution is 7.92. The lowest BCUT2D eigenvalue weighted by Crippen LogP contribution is -2.49. The Labute approximate surface area is 222 Å². The van der Waals surface area contributed by atoms with Crippen LogP contribution in [0.3, 0.4) is 0 Å².